The lowest BCUT2D eigenvalue weighted by atomic mass is 10.0. The van der Waals surface area contributed by atoms with Gasteiger partial charge < -0.3 is 15.5 Å². The molecule has 0 saturated heterocycles. The molecule has 110 valence electrons. The number of hydrogen-bond acceptors (Lipinski definition) is 4. The van der Waals surface area contributed by atoms with Crippen LogP contribution in [0.4, 0.5) is 0 Å². The normalized spacial score (nSPS) is 12.2. The molecule has 0 fully saturated rings. The average molecular weight is 292 g/mol. The first kappa shape index (κ1) is 14.3. The van der Waals surface area contributed by atoms with Crippen LogP contribution in [0, 0.1) is 11.3 Å². The molecular weight excluding hydrogens is 276 g/mol. The second kappa shape index (κ2) is 5.98. The van der Waals surface area contributed by atoms with Crippen molar-refractivity contribution in [3.8, 4) is 17.2 Å². The van der Waals surface area contributed by atoms with Gasteiger partial charge in [-0.3, -0.25) is 0 Å². The zero-order valence-corrected chi connectivity index (χ0v) is 12.2. The maximum Gasteiger partial charge on any atom is 0.126 e. The van der Waals surface area contributed by atoms with Crippen molar-refractivity contribution in [2.75, 3.05) is 13.7 Å². The molecule has 3 aromatic rings. The van der Waals surface area contributed by atoms with Gasteiger partial charge >= 0.3 is 0 Å². The zero-order valence-electron chi connectivity index (χ0n) is 12.2. The Labute approximate surface area is 128 Å². The predicted molar refractivity (Wildman–Crippen MR) is 85.0 cm³/mol. The summed E-state index contributed by atoms with van der Waals surface area (Å²) in [6.07, 6.45) is 0. The fourth-order valence-corrected chi connectivity index (χ4v) is 2.38. The molecule has 1 atom stereocenters. The van der Waals surface area contributed by atoms with Gasteiger partial charge in [-0.25, -0.2) is 4.98 Å². The number of nitrogens with two attached hydrogens (primary N) is 1. The number of nitrogens with zero attached hydrogens (tertiary/aromatic N) is 2. The fourth-order valence-electron chi connectivity index (χ4n) is 2.38. The Hall–Kier alpha value is -2.68. The molecule has 5 nitrogen and oxygen atoms in total. The Kier molecular flexibility index (Phi) is 3.88. The minimum atomic E-state index is -0.268. The van der Waals surface area contributed by atoms with Crippen LogP contribution in [0.3, 0.4) is 0 Å². The topological polar surface area (TPSA) is 87.7 Å². The van der Waals surface area contributed by atoms with Crippen LogP contribution in [0.25, 0.3) is 22.2 Å². The predicted octanol–water partition coefficient (Wildman–Crippen LogP) is 2.75. The van der Waals surface area contributed by atoms with E-state index in [1.165, 1.54) is 0 Å². The number of imidazole rings is 1. The molecule has 0 aliphatic heterocycles. The molecule has 22 heavy (non-hydrogen) atoms. The first-order valence-corrected chi connectivity index (χ1v) is 6.96. The summed E-state index contributed by atoms with van der Waals surface area (Å²) in [5.74, 6) is 0.717. The van der Waals surface area contributed by atoms with Gasteiger partial charge in [-0.05, 0) is 35.4 Å². The molecule has 1 unspecified atom stereocenters. The van der Waals surface area contributed by atoms with Gasteiger partial charge in [-0.2, -0.15) is 5.26 Å². The van der Waals surface area contributed by atoms with E-state index in [9.17, 15) is 0 Å². The van der Waals surface area contributed by atoms with E-state index in [0.717, 1.165) is 22.2 Å². The third kappa shape index (κ3) is 2.70. The van der Waals surface area contributed by atoms with Crippen LogP contribution in [-0.2, 0) is 4.74 Å². The maximum atomic E-state index is 8.85. The summed E-state index contributed by atoms with van der Waals surface area (Å²) in [5.41, 5.74) is 10.6. The molecule has 0 spiro atoms. The van der Waals surface area contributed by atoms with Crippen molar-refractivity contribution in [3.05, 3.63) is 53.9 Å². The van der Waals surface area contributed by atoms with Crippen molar-refractivity contribution in [1.82, 2.24) is 9.97 Å². The number of benzene rings is 2. The number of ether oxygens (including phenoxy) is 1. The monoisotopic (exact) mass is 292 g/mol. The van der Waals surface area contributed by atoms with Crippen LogP contribution >= 0.6 is 0 Å². The lowest BCUT2D eigenvalue weighted by Gasteiger charge is -2.05. The number of aromatic nitrogens is 2. The van der Waals surface area contributed by atoms with E-state index < -0.39 is 0 Å². The largest absolute Gasteiger partial charge is 0.383 e. The Bertz CT molecular complexity index is 830. The highest BCUT2D eigenvalue weighted by Gasteiger charge is 2.11. The van der Waals surface area contributed by atoms with Gasteiger partial charge in [0.1, 0.15) is 5.82 Å². The van der Waals surface area contributed by atoms with Gasteiger partial charge in [0.05, 0.1) is 35.3 Å². The van der Waals surface area contributed by atoms with E-state index in [2.05, 4.69) is 16.0 Å². The van der Waals surface area contributed by atoms with E-state index in [-0.39, 0.29) is 6.04 Å². The number of hydrogen-bond donors (Lipinski definition) is 2. The van der Waals surface area contributed by atoms with Crippen molar-refractivity contribution in [2.24, 2.45) is 5.73 Å². The van der Waals surface area contributed by atoms with E-state index in [0.29, 0.717) is 18.0 Å². The first-order valence-electron chi connectivity index (χ1n) is 6.96. The number of nitrogens with one attached hydrogen (secondary N) is 1. The molecule has 0 amide bonds. The Morgan fingerprint density at radius 3 is 2.64 bits per heavy atom. The van der Waals surface area contributed by atoms with Crippen LogP contribution in [0.2, 0.25) is 0 Å². The van der Waals surface area contributed by atoms with Crippen molar-refractivity contribution in [3.63, 3.8) is 0 Å². The minimum Gasteiger partial charge on any atom is -0.383 e. The van der Waals surface area contributed by atoms with Crippen LogP contribution in [-0.4, -0.2) is 23.7 Å². The Morgan fingerprint density at radius 2 is 1.95 bits per heavy atom. The molecule has 3 rings (SSSR count). The number of H-pyrrole nitrogens is 1. The third-order valence-electron chi connectivity index (χ3n) is 3.54. The fraction of sp³-hybridized carbons (Fsp3) is 0.176. The smallest absolute Gasteiger partial charge is 0.126 e. The van der Waals surface area contributed by atoms with Crippen molar-refractivity contribution in [2.45, 2.75) is 6.04 Å². The van der Waals surface area contributed by atoms with E-state index in [1.807, 2.05) is 42.5 Å². The zero-order chi connectivity index (χ0) is 15.5. The molecule has 0 saturated carbocycles. The van der Waals surface area contributed by atoms with Crippen LogP contribution in [0.15, 0.2) is 42.5 Å². The summed E-state index contributed by atoms with van der Waals surface area (Å²) in [7, 11) is 1.62. The quantitative estimate of drug-likeness (QED) is 0.774. The number of aromatic amines is 1. The average Bonchev–Trinajstić information content (AvgIpc) is 2.98. The number of fused-ring (bicyclic) bond motifs is 1. The molecule has 0 aliphatic rings. The molecule has 0 radical (unpaired) electrons. The highest BCUT2D eigenvalue weighted by Crippen LogP contribution is 2.24. The lowest BCUT2D eigenvalue weighted by Crippen LogP contribution is -2.17. The maximum absolute atomic E-state index is 8.85. The first-order chi connectivity index (χ1) is 10.7. The molecule has 3 N–H and O–H groups in total. The van der Waals surface area contributed by atoms with E-state index in [1.54, 1.807) is 7.11 Å². The van der Waals surface area contributed by atoms with Gasteiger partial charge in [0, 0.05) is 7.11 Å². The molecule has 2 aromatic carbocycles. The number of nitriles is 1. The van der Waals surface area contributed by atoms with Crippen molar-refractivity contribution >= 4 is 11.0 Å². The molecule has 0 bridgehead atoms. The summed E-state index contributed by atoms with van der Waals surface area (Å²) in [5, 5.41) is 8.85. The highest BCUT2D eigenvalue weighted by atomic mass is 16.5. The standard InChI is InChI=1S/C17H16N4O/c1-22-10-14(19)17-20-15-7-6-13(8-16(15)21-17)12-4-2-11(9-18)3-5-12/h2-8,14H,10,19H2,1H3,(H,20,21). The van der Waals surface area contributed by atoms with Crippen molar-refractivity contribution < 1.29 is 4.74 Å². The van der Waals surface area contributed by atoms with Crippen LogP contribution in [0.1, 0.15) is 17.4 Å². The molecule has 5 heteroatoms. The van der Waals surface area contributed by atoms with Crippen LogP contribution < -0.4 is 5.73 Å². The summed E-state index contributed by atoms with van der Waals surface area (Å²) in [6.45, 7) is 0.419. The number of methoxy groups -OCH3 is 1. The van der Waals surface area contributed by atoms with E-state index in [4.69, 9.17) is 15.7 Å². The molecule has 1 aromatic heterocycles. The van der Waals surface area contributed by atoms with Gasteiger partial charge in [0.2, 0.25) is 0 Å². The lowest BCUT2D eigenvalue weighted by molar-refractivity contribution is 0.178. The summed E-state index contributed by atoms with van der Waals surface area (Å²) >= 11 is 0. The van der Waals surface area contributed by atoms with E-state index >= 15 is 0 Å². The SMILES string of the molecule is COCC(N)c1nc2ccc(-c3ccc(C#N)cc3)cc2[nH]1. The van der Waals surface area contributed by atoms with Gasteiger partial charge in [-0.15, -0.1) is 0 Å². The minimum absolute atomic E-state index is 0.268. The summed E-state index contributed by atoms with van der Waals surface area (Å²) in [6, 6.07) is 15.4. The Morgan fingerprint density at radius 1 is 1.23 bits per heavy atom. The Balaban J connectivity index is 1.96. The van der Waals surface area contributed by atoms with Gasteiger partial charge in [0.15, 0.2) is 0 Å². The molecular formula is C17H16N4O. The highest BCUT2D eigenvalue weighted by molar-refractivity contribution is 5.82. The van der Waals surface area contributed by atoms with Crippen molar-refractivity contribution in [1.29, 1.82) is 5.26 Å². The third-order valence-corrected chi connectivity index (χ3v) is 3.54. The summed E-state index contributed by atoms with van der Waals surface area (Å²) in [4.78, 5) is 7.73. The molecule has 0 aliphatic carbocycles. The second-order valence-electron chi connectivity index (χ2n) is 5.10. The van der Waals surface area contributed by atoms with Gasteiger partial charge in [-0.1, -0.05) is 18.2 Å². The summed E-state index contributed by atoms with van der Waals surface area (Å²) < 4.78 is 5.06. The second-order valence-corrected chi connectivity index (χ2v) is 5.10. The number of rotatable bonds is 4. The van der Waals surface area contributed by atoms with Gasteiger partial charge in [0.25, 0.3) is 0 Å². The van der Waals surface area contributed by atoms with Crippen LogP contribution in [0.5, 0.6) is 0 Å². The molecule has 1 heterocycles.